The van der Waals surface area contributed by atoms with Gasteiger partial charge in [0.1, 0.15) is 5.82 Å². The fourth-order valence-corrected chi connectivity index (χ4v) is 7.11. The predicted octanol–water partition coefficient (Wildman–Crippen LogP) is 7.16. The average molecular weight is 558 g/mol. The standard InChI is InChI=1S/C36H39N5O/c1-35(2,42)28-12-13-32(38-23-28)41-20-16-36(17-21-41)14-18-40(19-15-36)31-24-39-34-29(26-8-6-25(22-37)7-9-26)4-3-5-30(34)33(31)27-10-11-27/h3-9,12-13,23-24,27,42H,10-11,14-21H2,1-2H3. The molecule has 2 saturated heterocycles. The first kappa shape index (κ1) is 26.9. The van der Waals surface area contributed by atoms with Gasteiger partial charge in [-0.05, 0) is 93.0 Å². The number of aromatic nitrogens is 2. The zero-order valence-corrected chi connectivity index (χ0v) is 24.7. The van der Waals surface area contributed by atoms with Crippen molar-refractivity contribution in [2.75, 3.05) is 36.0 Å². The highest BCUT2D eigenvalue weighted by atomic mass is 16.3. The molecule has 4 heterocycles. The van der Waals surface area contributed by atoms with Gasteiger partial charge < -0.3 is 14.9 Å². The largest absolute Gasteiger partial charge is 0.386 e. The summed E-state index contributed by atoms with van der Waals surface area (Å²) in [6.45, 7) is 7.85. The smallest absolute Gasteiger partial charge is 0.128 e. The Balaban J connectivity index is 1.08. The van der Waals surface area contributed by atoms with Crippen LogP contribution in [-0.2, 0) is 5.60 Å². The first-order chi connectivity index (χ1) is 20.3. The Kier molecular flexibility index (Phi) is 6.66. The van der Waals surface area contributed by atoms with Crippen molar-refractivity contribution in [2.24, 2.45) is 5.41 Å². The number of pyridine rings is 2. The SMILES string of the molecule is CC(C)(O)c1ccc(N2CCC3(CC2)CCN(c2cnc4c(-c5ccc(C#N)cc5)cccc4c2C2CC2)CC3)nc1. The van der Waals surface area contributed by atoms with Crippen LogP contribution in [0, 0.1) is 16.7 Å². The number of fused-ring (bicyclic) bond motifs is 1. The van der Waals surface area contributed by atoms with Crippen LogP contribution in [0.5, 0.6) is 0 Å². The molecule has 0 atom stereocenters. The molecule has 2 aromatic carbocycles. The van der Waals surface area contributed by atoms with Gasteiger partial charge >= 0.3 is 0 Å². The van der Waals surface area contributed by atoms with E-state index in [0.717, 1.165) is 54.2 Å². The number of nitrogens with zero attached hydrogens (tertiary/aromatic N) is 5. The van der Waals surface area contributed by atoms with Crippen LogP contribution < -0.4 is 9.80 Å². The normalized spacial score (nSPS) is 18.8. The molecule has 1 N–H and O–H groups in total. The van der Waals surface area contributed by atoms with Crippen molar-refractivity contribution < 1.29 is 5.11 Å². The van der Waals surface area contributed by atoms with Crippen LogP contribution in [0.3, 0.4) is 0 Å². The summed E-state index contributed by atoms with van der Waals surface area (Å²) in [7, 11) is 0. The lowest BCUT2D eigenvalue weighted by atomic mass is 9.71. The summed E-state index contributed by atoms with van der Waals surface area (Å²) in [6.07, 6.45) is 11.3. The number of para-hydroxylation sites is 1. The highest BCUT2D eigenvalue weighted by Crippen LogP contribution is 2.50. The van der Waals surface area contributed by atoms with Gasteiger partial charge in [0.25, 0.3) is 0 Å². The van der Waals surface area contributed by atoms with E-state index in [1.807, 2.05) is 36.5 Å². The van der Waals surface area contributed by atoms with E-state index >= 15 is 0 Å². The molecule has 3 aliphatic rings. The number of rotatable bonds is 5. The molecule has 6 nitrogen and oxygen atoms in total. The minimum Gasteiger partial charge on any atom is -0.386 e. The topological polar surface area (TPSA) is 76.3 Å². The highest BCUT2D eigenvalue weighted by Gasteiger charge is 2.39. The number of hydrogen-bond donors (Lipinski definition) is 1. The maximum atomic E-state index is 10.3. The number of benzene rings is 2. The van der Waals surface area contributed by atoms with Gasteiger partial charge in [-0.2, -0.15) is 5.26 Å². The molecule has 6 heteroatoms. The number of hydrogen-bond acceptors (Lipinski definition) is 6. The van der Waals surface area contributed by atoms with Crippen LogP contribution in [-0.4, -0.2) is 41.3 Å². The molecular weight excluding hydrogens is 518 g/mol. The minimum atomic E-state index is -0.862. The lowest BCUT2D eigenvalue weighted by molar-refractivity contribution is 0.0782. The van der Waals surface area contributed by atoms with Gasteiger partial charge in [-0.25, -0.2) is 4.98 Å². The molecule has 1 saturated carbocycles. The molecule has 2 aromatic heterocycles. The Morgan fingerprint density at radius 2 is 1.55 bits per heavy atom. The van der Waals surface area contributed by atoms with Crippen LogP contribution in [0.4, 0.5) is 11.5 Å². The van der Waals surface area contributed by atoms with E-state index in [1.54, 1.807) is 13.8 Å². The van der Waals surface area contributed by atoms with Gasteiger partial charge in [-0.1, -0.05) is 36.4 Å². The van der Waals surface area contributed by atoms with E-state index in [-0.39, 0.29) is 0 Å². The summed E-state index contributed by atoms with van der Waals surface area (Å²) < 4.78 is 0. The monoisotopic (exact) mass is 557 g/mol. The average Bonchev–Trinajstić information content (AvgIpc) is 3.86. The molecule has 2 aliphatic heterocycles. The van der Waals surface area contributed by atoms with Crippen molar-refractivity contribution in [2.45, 2.75) is 63.9 Å². The lowest BCUT2D eigenvalue weighted by Gasteiger charge is -2.48. The van der Waals surface area contributed by atoms with Crippen molar-refractivity contribution in [1.29, 1.82) is 5.26 Å². The number of nitriles is 1. The number of aliphatic hydroxyl groups is 1. The molecule has 0 bridgehead atoms. The summed E-state index contributed by atoms with van der Waals surface area (Å²) in [6, 6.07) is 20.7. The van der Waals surface area contributed by atoms with Gasteiger partial charge in [0.15, 0.2) is 0 Å². The van der Waals surface area contributed by atoms with E-state index in [9.17, 15) is 10.4 Å². The second kappa shape index (κ2) is 10.4. The fourth-order valence-electron chi connectivity index (χ4n) is 7.11. The van der Waals surface area contributed by atoms with Gasteiger partial charge in [0.2, 0.25) is 0 Å². The summed E-state index contributed by atoms with van der Waals surface area (Å²) in [5.41, 5.74) is 7.22. The van der Waals surface area contributed by atoms with Crippen LogP contribution >= 0.6 is 0 Å². The number of piperidine rings is 2. The van der Waals surface area contributed by atoms with Crippen molar-refractivity contribution in [3.8, 4) is 17.2 Å². The molecule has 0 radical (unpaired) electrons. The van der Waals surface area contributed by atoms with E-state index in [4.69, 9.17) is 4.98 Å². The van der Waals surface area contributed by atoms with E-state index in [0.29, 0.717) is 16.9 Å². The molecular formula is C36H39N5O. The van der Waals surface area contributed by atoms with Crippen molar-refractivity contribution >= 4 is 22.4 Å². The highest BCUT2D eigenvalue weighted by molar-refractivity contribution is 5.98. The van der Waals surface area contributed by atoms with Crippen LogP contribution in [0.2, 0.25) is 0 Å². The van der Waals surface area contributed by atoms with E-state index in [1.165, 1.54) is 55.2 Å². The van der Waals surface area contributed by atoms with Gasteiger partial charge in [0.05, 0.1) is 34.6 Å². The third kappa shape index (κ3) is 5.01. The summed E-state index contributed by atoms with van der Waals surface area (Å²) in [5.74, 6) is 1.64. The zero-order chi connectivity index (χ0) is 28.9. The Bertz CT molecular complexity index is 1630. The molecule has 0 amide bonds. The molecule has 42 heavy (non-hydrogen) atoms. The summed E-state index contributed by atoms with van der Waals surface area (Å²) >= 11 is 0. The zero-order valence-electron chi connectivity index (χ0n) is 24.7. The molecule has 214 valence electrons. The van der Waals surface area contributed by atoms with Crippen LogP contribution in [0.15, 0.2) is 67.0 Å². The maximum absolute atomic E-state index is 10.3. The van der Waals surface area contributed by atoms with Gasteiger partial charge in [-0.15, -0.1) is 0 Å². The van der Waals surface area contributed by atoms with Crippen molar-refractivity contribution in [3.05, 3.63) is 83.7 Å². The Morgan fingerprint density at radius 1 is 0.857 bits per heavy atom. The number of anilines is 2. The van der Waals surface area contributed by atoms with Gasteiger partial charge in [-0.3, -0.25) is 4.98 Å². The molecule has 0 unspecified atom stereocenters. The van der Waals surface area contributed by atoms with Crippen molar-refractivity contribution in [1.82, 2.24) is 9.97 Å². The molecule has 1 spiro atoms. The Morgan fingerprint density at radius 3 is 2.14 bits per heavy atom. The predicted molar refractivity (Wildman–Crippen MR) is 169 cm³/mol. The lowest BCUT2D eigenvalue weighted by Crippen LogP contribution is -2.47. The van der Waals surface area contributed by atoms with Crippen LogP contribution in [0.1, 0.15) is 75.0 Å². The second-order valence-electron chi connectivity index (χ2n) is 13.2. The fraction of sp³-hybridized carbons (Fsp3) is 0.417. The molecule has 4 aromatic rings. The van der Waals surface area contributed by atoms with Crippen molar-refractivity contribution in [3.63, 3.8) is 0 Å². The Labute approximate surface area is 248 Å². The molecule has 7 rings (SSSR count). The third-order valence-corrected chi connectivity index (χ3v) is 10.00. The first-order valence-electron chi connectivity index (χ1n) is 15.4. The quantitative estimate of drug-likeness (QED) is 0.281. The maximum Gasteiger partial charge on any atom is 0.128 e. The first-order valence-corrected chi connectivity index (χ1v) is 15.4. The summed E-state index contributed by atoms with van der Waals surface area (Å²) in [5, 5.41) is 20.8. The van der Waals surface area contributed by atoms with E-state index in [2.05, 4.69) is 51.3 Å². The molecule has 1 aliphatic carbocycles. The summed E-state index contributed by atoms with van der Waals surface area (Å²) in [4.78, 5) is 14.8. The molecule has 3 fully saturated rings. The minimum absolute atomic E-state index is 0.410. The van der Waals surface area contributed by atoms with E-state index < -0.39 is 5.60 Å². The third-order valence-electron chi connectivity index (χ3n) is 10.00. The second-order valence-corrected chi connectivity index (χ2v) is 13.2. The van der Waals surface area contributed by atoms with Gasteiger partial charge in [0, 0.05) is 48.9 Å². The Hall–Kier alpha value is -3.95. The van der Waals surface area contributed by atoms with Crippen LogP contribution in [0.25, 0.3) is 22.0 Å².